The van der Waals surface area contributed by atoms with Crippen LogP contribution >= 0.6 is 12.6 Å². The number of aryl methyl sites for hydroxylation is 3. The number of thiol groups is 1. The van der Waals surface area contributed by atoms with E-state index in [1.807, 2.05) is 0 Å². The molecule has 2 aliphatic heterocycles. The summed E-state index contributed by atoms with van der Waals surface area (Å²) in [6.07, 6.45) is 33.9. The molecule has 0 bridgehead atoms. The molecule has 0 saturated heterocycles. The molecule has 294 valence electrons. The first kappa shape index (κ1) is 37.3. The lowest BCUT2D eigenvalue weighted by atomic mass is 9.66. The van der Waals surface area contributed by atoms with Gasteiger partial charge in [0.2, 0.25) is 0 Å². The van der Waals surface area contributed by atoms with Crippen molar-refractivity contribution in [1.29, 1.82) is 0 Å². The average molecular weight is 772 g/mol. The Morgan fingerprint density at radius 2 is 1.72 bits per heavy atom. The Bertz CT molecular complexity index is 2200. The molecule has 0 amide bonds. The second kappa shape index (κ2) is 16.0. The van der Waals surface area contributed by atoms with Crippen LogP contribution in [0.5, 0.6) is 0 Å². The van der Waals surface area contributed by atoms with Crippen molar-refractivity contribution in [2.75, 3.05) is 23.7 Å². The van der Waals surface area contributed by atoms with Crippen LogP contribution in [-0.2, 0) is 12.8 Å². The summed E-state index contributed by atoms with van der Waals surface area (Å²) >= 11 is 5.40. The molecule has 57 heavy (non-hydrogen) atoms. The van der Waals surface area contributed by atoms with Crippen LogP contribution in [0.3, 0.4) is 0 Å². The molecule has 0 fully saturated rings. The maximum absolute atomic E-state index is 6.84. The van der Waals surface area contributed by atoms with Gasteiger partial charge in [-0.3, -0.25) is 0 Å². The molecule has 0 radical (unpaired) electrons. The standard InChI is InChI=1S/C53H61N3S/c1-33-28-42-14-8-26-55-51(42)52-49(33)45(16-9-27-56-52)40-21-24-44-39(32-40)19-18-38-31-37(20-23-43(38)44)36-13-7-10-34(29-36)30-41-22-25-46(35-11-3-2-4-12-35)53(57)50(41)47-15-5-6-17-48(47)54/h2-4,6-7,10-12,16-17,21-22,24-25,28,31-32,34,36,38,43,46-48,53,55-57H,5,8-9,13-15,18-20,23,26-27,29-30,54H2,1H3. The molecule has 0 spiro atoms. The predicted molar refractivity (Wildman–Crippen MR) is 244 cm³/mol. The summed E-state index contributed by atoms with van der Waals surface area (Å²) in [5.74, 6) is 3.16. The lowest BCUT2D eigenvalue weighted by Crippen LogP contribution is -2.36. The van der Waals surface area contributed by atoms with E-state index in [1.165, 1.54) is 107 Å². The van der Waals surface area contributed by atoms with Crippen LogP contribution in [-0.4, -0.2) is 24.4 Å². The minimum atomic E-state index is 0.0680. The lowest BCUT2D eigenvalue weighted by molar-refractivity contribution is 0.363. The van der Waals surface area contributed by atoms with Crippen molar-refractivity contribution in [1.82, 2.24) is 0 Å². The van der Waals surface area contributed by atoms with E-state index < -0.39 is 0 Å². The molecule has 0 saturated carbocycles. The summed E-state index contributed by atoms with van der Waals surface area (Å²) in [6, 6.07) is 21.0. The van der Waals surface area contributed by atoms with Crippen molar-refractivity contribution in [3.8, 4) is 0 Å². The van der Waals surface area contributed by atoms with E-state index in [4.69, 9.17) is 18.4 Å². The van der Waals surface area contributed by atoms with E-state index in [1.54, 1.807) is 16.7 Å². The van der Waals surface area contributed by atoms with Crippen LogP contribution in [0.25, 0.3) is 5.57 Å². The average Bonchev–Trinajstić information content (AvgIpc) is 3.48. The van der Waals surface area contributed by atoms with Gasteiger partial charge in [-0.25, -0.2) is 0 Å². The van der Waals surface area contributed by atoms with Crippen LogP contribution in [0.1, 0.15) is 115 Å². The zero-order chi connectivity index (χ0) is 38.5. The van der Waals surface area contributed by atoms with Gasteiger partial charge in [-0.2, -0.15) is 12.6 Å². The molecule has 3 aromatic rings. The van der Waals surface area contributed by atoms with Gasteiger partial charge in [0.25, 0.3) is 0 Å². The topological polar surface area (TPSA) is 50.1 Å². The molecule has 4 N–H and O–H groups in total. The molecule has 7 aliphatic rings. The zero-order valence-electron chi connectivity index (χ0n) is 33.9. The first-order valence-electron chi connectivity index (χ1n) is 22.4. The fourth-order valence-electron chi connectivity index (χ4n) is 12.1. The molecular formula is C53H61N3S. The SMILES string of the molecule is Cc1cc2c(c3c1C(c1ccc4c(c1)CCC1C=C(C5CC=CC(CC6=C(C7CCC=CC7N)C(S)C(c7ccccc7)C=C6)C5)CCC41)=CCCN3)NCCC2. The Morgan fingerprint density at radius 3 is 2.61 bits per heavy atom. The third kappa shape index (κ3) is 7.14. The highest BCUT2D eigenvalue weighted by atomic mass is 32.1. The van der Waals surface area contributed by atoms with Gasteiger partial charge in [-0.15, -0.1) is 0 Å². The summed E-state index contributed by atoms with van der Waals surface area (Å²) in [4.78, 5) is 0. The fraction of sp³-hybridized carbons (Fsp3) is 0.434. The van der Waals surface area contributed by atoms with Crippen LogP contribution in [0.2, 0.25) is 0 Å². The van der Waals surface area contributed by atoms with E-state index in [9.17, 15) is 0 Å². The van der Waals surface area contributed by atoms with E-state index in [2.05, 4.69) is 121 Å². The Kier molecular flexibility index (Phi) is 10.5. The molecule has 3 aromatic carbocycles. The van der Waals surface area contributed by atoms with Gasteiger partial charge in [0.1, 0.15) is 0 Å². The van der Waals surface area contributed by atoms with Gasteiger partial charge in [0.05, 0.1) is 11.4 Å². The van der Waals surface area contributed by atoms with Crippen LogP contribution in [0.4, 0.5) is 11.4 Å². The summed E-state index contributed by atoms with van der Waals surface area (Å²) in [5.41, 5.74) is 25.9. The normalized spacial score (nSPS) is 30.4. The predicted octanol–water partition coefficient (Wildman–Crippen LogP) is 12.2. The van der Waals surface area contributed by atoms with Crippen molar-refractivity contribution in [3.63, 3.8) is 0 Å². The van der Waals surface area contributed by atoms with E-state index in [0.29, 0.717) is 29.6 Å². The van der Waals surface area contributed by atoms with Crippen molar-refractivity contribution in [2.24, 2.45) is 29.4 Å². The van der Waals surface area contributed by atoms with Crippen molar-refractivity contribution in [2.45, 2.75) is 107 Å². The maximum Gasteiger partial charge on any atom is 0.0661 e. The number of allylic oxidation sites excluding steroid dienone is 8. The van der Waals surface area contributed by atoms with Gasteiger partial charge >= 0.3 is 0 Å². The maximum atomic E-state index is 6.84. The molecule has 5 aliphatic carbocycles. The molecule has 10 rings (SSSR count). The molecule has 3 nitrogen and oxygen atoms in total. The number of hydrogen-bond donors (Lipinski definition) is 4. The number of nitrogens with one attached hydrogen (secondary N) is 2. The van der Waals surface area contributed by atoms with Crippen LogP contribution in [0, 0.1) is 30.6 Å². The Hall–Kier alpha value is -3.99. The van der Waals surface area contributed by atoms with Gasteiger partial charge in [0.15, 0.2) is 0 Å². The first-order valence-corrected chi connectivity index (χ1v) is 22.9. The zero-order valence-corrected chi connectivity index (χ0v) is 34.8. The molecule has 8 unspecified atom stereocenters. The Labute approximate surface area is 347 Å². The van der Waals surface area contributed by atoms with Gasteiger partial charge in [-0.05, 0) is 158 Å². The third-order valence-electron chi connectivity index (χ3n) is 14.9. The number of hydrogen-bond acceptors (Lipinski definition) is 4. The van der Waals surface area contributed by atoms with Crippen LogP contribution < -0.4 is 16.4 Å². The second-order valence-corrected chi connectivity index (χ2v) is 18.9. The van der Waals surface area contributed by atoms with Gasteiger partial charge in [0, 0.05) is 41.8 Å². The first-order chi connectivity index (χ1) is 28.0. The third-order valence-corrected chi connectivity index (χ3v) is 15.5. The van der Waals surface area contributed by atoms with Crippen LogP contribution in [0.15, 0.2) is 120 Å². The van der Waals surface area contributed by atoms with Crippen molar-refractivity contribution >= 4 is 29.6 Å². The van der Waals surface area contributed by atoms with Gasteiger partial charge in [-0.1, -0.05) is 109 Å². The number of nitrogens with two attached hydrogens (primary N) is 1. The lowest BCUT2D eigenvalue weighted by Gasteiger charge is -2.39. The van der Waals surface area contributed by atoms with E-state index in [-0.39, 0.29) is 17.2 Å². The number of rotatable bonds is 6. The summed E-state index contributed by atoms with van der Waals surface area (Å²) in [7, 11) is 0. The highest BCUT2D eigenvalue weighted by Gasteiger charge is 2.37. The number of fused-ring (bicyclic) bond motifs is 6. The molecule has 4 heteroatoms. The molecule has 2 heterocycles. The van der Waals surface area contributed by atoms with E-state index >= 15 is 0 Å². The highest BCUT2D eigenvalue weighted by molar-refractivity contribution is 7.81. The largest absolute Gasteiger partial charge is 0.383 e. The number of benzene rings is 3. The minimum absolute atomic E-state index is 0.0680. The summed E-state index contributed by atoms with van der Waals surface area (Å²) in [6.45, 7) is 4.37. The van der Waals surface area contributed by atoms with Crippen molar-refractivity contribution < 1.29 is 0 Å². The molecule has 8 atom stereocenters. The van der Waals surface area contributed by atoms with Crippen molar-refractivity contribution in [3.05, 3.63) is 159 Å². The summed E-state index contributed by atoms with van der Waals surface area (Å²) < 4.78 is 0. The molecular weight excluding hydrogens is 711 g/mol. The minimum Gasteiger partial charge on any atom is -0.383 e. The Balaban J connectivity index is 0.863. The van der Waals surface area contributed by atoms with E-state index in [0.717, 1.165) is 38.8 Å². The smallest absolute Gasteiger partial charge is 0.0661 e. The summed E-state index contributed by atoms with van der Waals surface area (Å²) in [5, 5.41) is 7.75. The monoisotopic (exact) mass is 771 g/mol. The second-order valence-electron chi connectivity index (χ2n) is 18.3. The van der Waals surface area contributed by atoms with Gasteiger partial charge < -0.3 is 16.4 Å². The fourth-order valence-corrected chi connectivity index (χ4v) is 12.8. The quantitative estimate of drug-likeness (QED) is 0.149. The number of anilines is 2. The highest BCUT2D eigenvalue weighted by Crippen LogP contribution is 2.50. The Morgan fingerprint density at radius 1 is 0.825 bits per heavy atom. The molecule has 0 aromatic heterocycles.